The van der Waals surface area contributed by atoms with Gasteiger partial charge >= 0.3 is 0 Å². The quantitative estimate of drug-likeness (QED) is 0.869. The van der Waals surface area contributed by atoms with Gasteiger partial charge in [0.1, 0.15) is 5.75 Å². The lowest BCUT2D eigenvalue weighted by molar-refractivity contribution is -0.132. The number of hydrogen-bond acceptors (Lipinski definition) is 3. The third-order valence-corrected chi connectivity index (χ3v) is 2.84. The van der Waals surface area contributed by atoms with Gasteiger partial charge in [-0.3, -0.25) is 4.79 Å². The van der Waals surface area contributed by atoms with Gasteiger partial charge in [0.2, 0.25) is 0 Å². The summed E-state index contributed by atoms with van der Waals surface area (Å²) in [4.78, 5) is 13.0. The summed E-state index contributed by atoms with van der Waals surface area (Å²) < 4.78 is 5.39. The zero-order chi connectivity index (χ0) is 12.8. The molecule has 0 saturated carbocycles. The Hall–Kier alpha value is -1.26. The van der Waals surface area contributed by atoms with Crippen LogP contribution in [0.5, 0.6) is 5.75 Å². The number of rotatable bonds is 5. The highest BCUT2D eigenvalue weighted by molar-refractivity contribution is 6.31. The van der Waals surface area contributed by atoms with Crippen molar-refractivity contribution in [3.8, 4) is 5.75 Å². The Morgan fingerprint density at radius 1 is 1.53 bits per heavy atom. The summed E-state index contributed by atoms with van der Waals surface area (Å²) in [6.45, 7) is 2.02. The number of ether oxygens (including phenoxy) is 1. The van der Waals surface area contributed by atoms with E-state index in [-0.39, 0.29) is 19.1 Å². The number of halogens is 1. The van der Waals surface area contributed by atoms with Crippen molar-refractivity contribution < 1.29 is 14.6 Å². The molecule has 0 fully saturated rings. The fourth-order valence-electron chi connectivity index (χ4n) is 1.27. The second-order valence-corrected chi connectivity index (χ2v) is 4.10. The Kier molecular flexibility index (Phi) is 5.25. The molecular formula is C12H16ClNO3. The van der Waals surface area contributed by atoms with Crippen molar-refractivity contribution in [3.05, 3.63) is 28.8 Å². The van der Waals surface area contributed by atoms with Gasteiger partial charge in [0.05, 0.1) is 6.61 Å². The number of benzene rings is 1. The number of nitrogens with zero attached hydrogens (tertiary/aromatic N) is 1. The zero-order valence-electron chi connectivity index (χ0n) is 9.94. The summed E-state index contributed by atoms with van der Waals surface area (Å²) in [5.74, 6) is 0.418. The Labute approximate surface area is 106 Å². The molecule has 0 bridgehead atoms. The Bertz CT molecular complexity index is 395. The fourth-order valence-corrected chi connectivity index (χ4v) is 1.43. The van der Waals surface area contributed by atoms with E-state index in [1.165, 1.54) is 4.90 Å². The van der Waals surface area contributed by atoms with Crippen LogP contribution in [0.1, 0.15) is 5.56 Å². The van der Waals surface area contributed by atoms with Crippen LogP contribution in [0.2, 0.25) is 5.02 Å². The van der Waals surface area contributed by atoms with Crippen LogP contribution in [0, 0.1) is 6.92 Å². The van der Waals surface area contributed by atoms with Crippen LogP contribution in [-0.4, -0.2) is 42.7 Å². The minimum Gasteiger partial charge on any atom is -0.483 e. The van der Waals surface area contributed by atoms with Crippen molar-refractivity contribution in [2.45, 2.75) is 6.92 Å². The standard InChI is InChI=1S/C12H16ClNO3/c1-9-10(13)4-3-5-11(9)17-8-12(16)14(2)6-7-15/h3-5,15H,6-8H2,1-2H3. The highest BCUT2D eigenvalue weighted by Crippen LogP contribution is 2.24. The summed E-state index contributed by atoms with van der Waals surface area (Å²) in [5.41, 5.74) is 0.812. The van der Waals surface area contributed by atoms with Crippen LogP contribution in [0.3, 0.4) is 0 Å². The topological polar surface area (TPSA) is 49.8 Å². The monoisotopic (exact) mass is 257 g/mol. The molecule has 94 valence electrons. The van der Waals surface area contributed by atoms with Crippen LogP contribution >= 0.6 is 11.6 Å². The van der Waals surface area contributed by atoms with Crippen molar-refractivity contribution in [2.24, 2.45) is 0 Å². The predicted octanol–water partition coefficient (Wildman–Crippen LogP) is 1.48. The van der Waals surface area contributed by atoms with Crippen molar-refractivity contribution in [2.75, 3.05) is 26.8 Å². The molecule has 4 nitrogen and oxygen atoms in total. The number of amides is 1. The van der Waals surface area contributed by atoms with Gasteiger partial charge in [-0.25, -0.2) is 0 Å². The second kappa shape index (κ2) is 6.47. The average molecular weight is 258 g/mol. The van der Waals surface area contributed by atoms with Gasteiger partial charge in [-0.2, -0.15) is 0 Å². The average Bonchev–Trinajstić information content (AvgIpc) is 2.31. The Morgan fingerprint density at radius 2 is 2.24 bits per heavy atom. The second-order valence-electron chi connectivity index (χ2n) is 3.69. The number of likely N-dealkylation sites (N-methyl/N-ethyl adjacent to an activating group) is 1. The maximum absolute atomic E-state index is 11.6. The number of carbonyl (C=O) groups excluding carboxylic acids is 1. The molecular weight excluding hydrogens is 242 g/mol. The van der Waals surface area contributed by atoms with Gasteiger partial charge in [0, 0.05) is 24.2 Å². The van der Waals surface area contributed by atoms with E-state index < -0.39 is 0 Å². The minimum absolute atomic E-state index is 0.0571. The van der Waals surface area contributed by atoms with Crippen LogP contribution in [-0.2, 0) is 4.79 Å². The molecule has 0 radical (unpaired) electrons. The van der Waals surface area contributed by atoms with Gasteiger partial charge in [-0.1, -0.05) is 17.7 Å². The van der Waals surface area contributed by atoms with E-state index in [0.717, 1.165) is 5.56 Å². The number of hydrogen-bond donors (Lipinski definition) is 1. The van der Waals surface area contributed by atoms with E-state index in [2.05, 4.69) is 0 Å². The minimum atomic E-state index is -0.182. The smallest absolute Gasteiger partial charge is 0.260 e. The zero-order valence-corrected chi connectivity index (χ0v) is 10.7. The molecule has 0 spiro atoms. The first-order chi connectivity index (χ1) is 8.06. The van der Waals surface area contributed by atoms with E-state index in [9.17, 15) is 4.79 Å². The molecule has 1 rings (SSSR count). The van der Waals surface area contributed by atoms with E-state index in [1.54, 1.807) is 25.2 Å². The lowest BCUT2D eigenvalue weighted by Crippen LogP contribution is -2.33. The molecule has 0 aromatic heterocycles. The molecule has 0 atom stereocenters. The molecule has 1 amide bonds. The van der Waals surface area contributed by atoms with Gasteiger partial charge in [0.15, 0.2) is 6.61 Å². The number of aliphatic hydroxyl groups is 1. The number of aliphatic hydroxyl groups excluding tert-OH is 1. The molecule has 1 N–H and O–H groups in total. The predicted molar refractivity (Wildman–Crippen MR) is 66.4 cm³/mol. The van der Waals surface area contributed by atoms with E-state index in [1.807, 2.05) is 6.92 Å². The third kappa shape index (κ3) is 3.91. The summed E-state index contributed by atoms with van der Waals surface area (Å²) in [6, 6.07) is 5.30. The van der Waals surface area contributed by atoms with Crippen LogP contribution in [0.4, 0.5) is 0 Å². The molecule has 0 aliphatic rings. The highest BCUT2D eigenvalue weighted by atomic mass is 35.5. The van der Waals surface area contributed by atoms with Crippen molar-refractivity contribution in [1.82, 2.24) is 4.90 Å². The molecule has 0 saturated heterocycles. The van der Waals surface area contributed by atoms with Crippen LogP contribution in [0.15, 0.2) is 18.2 Å². The molecule has 0 aliphatic heterocycles. The van der Waals surface area contributed by atoms with Gasteiger partial charge < -0.3 is 14.7 Å². The fraction of sp³-hybridized carbons (Fsp3) is 0.417. The highest BCUT2D eigenvalue weighted by Gasteiger charge is 2.10. The normalized spacial score (nSPS) is 10.1. The van der Waals surface area contributed by atoms with E-state index in [0.29, 0.717) is 17.3 Å². The maximum atomic E-state index is 11.6. The summed E-state index contributed by atoms with van der Waals surface area (Å²) in [7, 11) is 1.62. The SMILES string of the molecule is Cc1c(Cl)cccc1OCC(=O)N(C)CCO. The number of carbonyl (C=O) groups is 1. The maximum Gasteiger partial charge on any atom is 0.260 e. The van der Waals surface area contributed by atoms with Crippen LogP contribution in [0.25, 0.3) is 0 Å². The molecule has 17 heavy (non-hydrogen) atoms. The first-order valence-corrected chi connectivity index (χ1v) is 5.66. The molecule has 1 aromatic carbocycles. The van der Waals surface area contributed by atoms with Crippen LogP contribution < -0.4 is 4.74 Å². The molecule has 0 aliphatic carbocycles. The Morgan fingerprint density at radius 3 is 2.88 bits per heavy atom. The first-order valence-electron chi connectivity index (χ1n) is 5.29. The first kappa shape index (κ1) is 13.8. The Balaban J connectivity index is 2.56. The summed E-state index contributed by atoms with van der Waals surface area (Å²) in [6.07, 6.45) is 0. The van der Waals surface area contributed by atoms with Gasteiger partial charge in [0.25, 0.3) is 5.91 Å². The van der Waals surface area contributed by atoms with E-state index in [4.69, 9.17) is 21.4 Å². The largest absolute Gasteiger partial charge is 0.483 e. The van der Waals surface area contributed by atoms with Crippen molar-refractivity contribution in [3.63, 3.8) is 0 Å². The summed E-state index contributed by atoms with van der Waals surface area (Å²) >= 11 is 5.93. The lowest BCUT2D eigenvalue weighted by atomic mass is 10.2. The lowest BCUT2D eigenvalue weighted by Gasteiger charge is -2.16. The molecule has 5 heteroatoms. The molecule has 1 aromatic rings. The molecule has 0 heterocycles. The summed E-state index contributed by atoms with van der Waals surface area (Å²) in [5, 5.41) is 9.31. The third-order valence-electron chi connectivity index (χ3n) is 2.43. The molecule has 0 unspecified atom stereocenters. The van der Waals surface area contributed by atoms with Crippen molar-refractivity contribution >= 4 is 17.5 Å². The van der Waals surface area contributed by atoms with Crippen molar-refractivity contribution in [1.29, 1.82) is 0 Å². The van der Waals surface area contributed by atoms with Gasteiger partial charge in [-0.15, -0.1) is 0 Å². The van der Waals surface area contributed by atoms with Gasteiger partial charge in [-0.05, 0) is 19.1 Å². The van der Waals surface area contributed by atoms with E-state index >= 15 is 0 Å².